The summed E-state index contributed by atoms with van der Waals surface area (Å²) < 4.78 is 13.1. The normalized spacial score (nSPS) is 14.2. The number of amides is 1. The lowest BCUT2D eigenvalue weighted by Gasteiger charge is -2.36. The second kappa shape index (κ2) is 12.8. The Bertz CT molecular complexity index is 850. The first-order valence-electron chi connectivity index (χ1n) is 10.4. The fraction of sp³-hybridized carbons (Fsp3) is 0.455. The molecule has 0 unspecified atom stereocenters. The fourth-order valence-electron chi connectivity index (χ4n) is 3.37. The van der Waals surface area contributed by atoms with Crippen molar-refractivity contribution in [2.75, 3.05) is 44.2 Å². The molecule has 31 heavy (non-hydrogen) atoms. The summed E-state index contributed by atoms with van der Waals surface area (Å²) in [5.41, 5.74) is 2.26. The van der Waals surface area contributed by atoms with Gasteiger partial charge in [0.25, 0.3) is 0 Å². The van der Waals surface area contributed by atoms with Crippen LogP contribution in [0.4, 0.5) is 10.1 Å². The first-order valence-corrected chi connectivity index (χ1v) is 11.3. The van der Waals surface area contributed by atoms with Gasteiger partial charge in [-0.05, 0) is 55.1 Å². The van der Waals surface area contributed by atoms with E-state index in [1.54, 1.807) is 23.5 Å². The minimum Gasteiger partial charge on any atom is -0.368 e. The van der Waals surface area contributed by atoms with E-state index in [9.17, 15) is 9.18 Å². The molecule has 0 aliphatic carbocycles. The van der Waals surface area contributed by atoms with Crippen LogP contribution in [0, 0.1) is 12.7 Å². The maximum Gasteiger partial charge on any atom is 0.224 e. The number of carbonyl (C=O) groups is 1. The van der Waals surface area contributed by atoms with Gasteiger partial charge in [-0.25, -0.2) is 9.38 Å². The first kappa shape index (κ1) is 25.4. The van der Waals surface area contributed by atoms with E-state index < -0.39 is 0 Å². The maximum atomic E-state index is 13.1. The van der Waals surface area contributed by atoms with Crippen LogP contribution in [0.25, 0.3) is 0 Å². The molecule has 9 heteroatoms. The van der Waals surface area contributed by atoms with Crippen molar-refractivity contribution in [1.82, 2.24) is 15.5 Å². The van der Waals surface area contributed by atoms with Crippen LogP contribution >= 0.6 is 35.3 Å². The van der Waals surface area contributed by atoms with Gasteiger partial charge in [0, 0.05) is 56.3 Å². The molecule has 0 radical (unpaired) electrons. The Balaban J connectivity index is 0.00000341. The van der Waals surface area contributed by atoms with Gasteiger partial charge < -0.3 is 20.4 Å². The Labute approximate surface area is 204 Å². The number of piperazine rings is 1. The van der Waals surface area contributed by atoms with Crippen molar-refractivity contribution in [2.45, 2.75) is 26.8 Å². The van der Waals surface area contributed by atoms with E-state index in [0.29, 0.717) is 32.6 Å². The molecule has 2 heterocycles. The summed E-state index contributed by atoms with van der Waals surface area (Å²) in [5.74, 6) is 0.650. The number of rotatable bonds is 7. The molecule has 1 amide bonds. The molecule has 1 aliphatic heterocycles. The van der Waals surface area contributed by atoms with E-state index in [2.05, 4.69) is 38.9 Å². The zero-order valence-corrected chi connectivity index (χ0v) is 21.2. The number of aliphatic imine (C=N–C) groups is 1. The minimum absolute atomic E-state index is 0. The predicted octanol–water partition coefficient (Wildman–Crippen LogP) is 3.61. The van der Waals surface area contributed by atoms with Crippen LogP contribution in [0.5, 0.6) is 0 Å². The van der Waals surface area contributed by atoms with Crippen LogP contribution in [0.1, 0.15) is 23.8 Å². The largest absolute Gasteiger partial charge is 0.368 e. The number of thiophene rings is 1. The number of guanidine groups is 1. The van der Waals surface area contributed by atoms with Crippen LogP contribution in [0.3, 0.4) is 0 Å². The molecule has 0 spiro atoms. The molecule has 0 atom stereocenters. The topological polar surface area (TPSA) is 60.0 Å². The monoisotopic (exact) mass is 559 g/mol. The van der Waals surface area contributed by atoms with E-state index in [-0.39, 0.29) is 35.7 Å². The van der Waals surface area contributed by atoms with E-state index in [1.807, 2.05) is 11.8 Å². The molecule has 6 nitrogen and oxygen atoms in total. The summed E-state index contributed by atoms with van der Waals surface area (Å²) in [6.07, 6.45) is 0.430. The number of aryl methyl sites for hydroxylation is 1. The zero-order chi connectivity index (χ0) is 21.3. The molecule has 1 aliphatic rings. The molecule has 1 aromatic carbocycles. The molecule has 1 saturated heterocycles. The average Bonchev–Trinajstić information content (AvgIpc) is 3.17. The Morgan fingerprint density at radius 3 is 2.45 bits per heavy atom. The fourth-order valence-corrected chi connectivity index (χ4v) is 4.20. The summed E-state index contributed by atoms with van der Waals surface area (Å²) in [6, 6.07) is 8.62. The highest BCUT2D eigenvalue weighted by atomic mass is 127. The quantitative estimate of drug-likeness (QED) is 0.309. The summed E-state index contributed by atoms with van der Waals surface area (Å²) in [7, 11) is 0. The molecular weight excluding hydrogens is 528 g/mol. The standard InChI is InChI=1S/C22H30FN5OS.HI/c1-3-24-22(26-16-20-17(2)9-15-30-20)25-10-8-21(29)28-13-11-27(12-14-28)19-6-4-18(23)5-7-19;/h4-7,9,15H,3,8,10-14,16H2,1-2H3,(H2,24,25,26);1H. The number of halogens is 2. The summed E-state index contributed by atoms with van der Waals surface area (Å²) in [4.78, 5) is 22.5. The number of nitrogens with zero attached hydrogens (tertiary/aromatic N) is 3. The highest BCUT2D eigenvalue weighted by Gasteiger charge is 2.21. The smallest absolute Gasteiger partial charge is 0.224 e. The van der Waals surface area contributed by atoms with Gasteiger partial charge in [0.2, 0.25) is 5.91 Å². The lowest BCUT2D eigenvalue weighted by molar-refractivity contribution is -0.131. The summed E-state index contributed by atoms with van der Waals surface area (Å²) in [5, 5.41) is 8.57. The van der Waals surface area contributed by atoms with Crippen LogP contribution in [0.15, 0.2) is 40.7 Å². The van der Waals surface area contributed by atoms with Crippen molar-refractivity contribution >= 4 is 52.9 Å². The van der Waals surface area contributed by atoms with Gasteiger partial charge in [0.15, 0.2) is 5.96 Å². The molecule has 3 rings (SSSR count). The van der Waals surface area contributed by atoms with Gasteiger partial charge in [0.1, 0.15) is 5.82 Å². The third-order valence-electron chi connectivity index (χ3n) is 5.15. The second-order valence-corrected chi connectivity index (χ2v) is 8.24. The van der Waals surface area contributed by atoms with Crippen LogP contribution < -0.4 is 15.5 Å². The highest BCUT2D eigenvalue weighted by Crippen LogP contribution is 2.17. The average molecular weight is 559 g/mol. The van der Waals surface area contributed by atoms with E-state index in [0.717, 1.165) is 31.3 Å². The van der Waals surface area contributed by atoms with Gasteiger partial charge in [0.05, 0.1) is 6.54 Å². The third kappa shape index (κ3) is 7.64. The number of nitrogens with one attached hydrogen (secondary N) is 2. The second-order valence-electron chi connectivity index (χ2n) is 7.24. The van der Waals surface area contributed by atoms with Gasteiger partial charge in [-0.15, -0.1) is 35.3 Å². The van der Waals surface area contributed by atoms with Gasteiger partial charge >= 0.3 is 0 Å². The third-order valence-corrected chi connectivity index (χ3v) is 6.16. The summed E-state index contributed by atoms with van der Waals surface area (Å²) in [6.45, 7) is 8.96. The Morgan fingerprint density at radius 1 is 1.13 bits per heavy atom. The molecule has 0 bridgehead atoms. The van der Waals surface area contributed by atoms with Crippen LogP contribution in [-0.2, 0) is 11.3 Å². The molecule has 1 fully saturated rings. The van der Waals surface area contributed by atoms with Gasteiger partial charge in [-0.3, -0.25) is 4.79 Å². The molecule has 2 N–H and O–H groups in total. The number of hydrogen-bond donors (Lipinski definition) is 2. The summed E-state index contributed by atoms with van der Waals surface area (Å²) >= 11 is 1.71. The van der Waals surface area contributed by atoms with E-state index >= 15 is 0 Å². The Kier molecular flexibility index (Phi) is 10.5. The SMILES string of the molecule is CCNC(=NCc1sccc1C)NCCC(=O)N1CCN(c2ccc(F)cc2)CC1.I. The van der Waals surface area contributed by atoms with E-state index in [4.69, 9.17) is 0 Å². The van der Waals surface area contributed by atoms with Crippen LogP contribution in [0.2, 0.25) is 0 Å². The van der Waals surface area contributed by atoms with Crippen molar-refractivity contribution < 1.29 is 9.18 Å². The van der Waals surface area contributed by atoms with Crippen molar-refractivity contribution in [3.63, 3.8) is 0 Å². The Morgan fingerprint density at radius 2 is 1.84 bits per heavy atom. The number of carbonyl (C=O) groups excluding carboxylic acids is 1. The molecule has 1 aromatic heterocycles. The Hall–Kier alpha value is -1.88. The van der Waals surface area contributed by atoms with Crippen molar-refractivity contribution in [3.8, 4) is 0 Å². The maximum absolute atomic E-state index is 13.1. The lowest BCUT2D eigenvalue weighted by atomic mass is 10.2. The van der Waals surface area contributed by atoms with Crippen molar-refractivity contribution in [3.05, 3.63) is 52.0 Å². The van der Waals surface area contributed by atoms with Gasteiger partial charge in [-0.2, -0.15) is 0 Å². The van der Waals surface area contributed by atoms with Crippen molar-refractivity contribution in [1.29, 1.82) is 0 Å². The predicted molar refractivity (Wildman–Crippen MR) is 137 cm³/mol. The first-order chi connectivity index (χ1) is 14.6. The van der Waals surface area contributed by atoms with Crippen molar-refractivity contribution in [2.24, 2.45) is 4.99 Å². The molecular formula is C22H31FIN5OS. The number of anilines is 1. The highest BCUT2D eigenvalue weighted by molar-refractivity contribution is 14.0. The number of hydrogen-bond acceptors (Lipinski definition) is 4. The van der Waals surface area contributed by atoms with Gasteiger partial charge in [-0.1, -0.05) is 0 Å². The molecule has 2 aromatic rings. The number of benzene rings is 1. The van der Waals surface area contributed by atoms with E-state index in [1.165, 1.54) is 22.6 Å². The molecule has 0 saturated carbocycles. The lowest BCUT2D eigenvalue weighted by Crippen LogP contribution is -2.49. The van der Waals surface area contributed by atoms with Crippen LogP contribution in [-0.4, -0.2) is 56.0 Å². The molecule has 170 valence electrons. The minimum atomic E-state index is -0.231. The zero-order valence-electron chi connectivity index (χ0n) is 18.1.